The average Bonchev–Trinajstić information content (AvgIpc) is 2.56. The molecule has 0 saturated heterocycles. The highest BCUT2D eigenvalue weighted by Gasteiger charge is 2.04. The van der Waals surface area contributed by atoms with Gasteiger partial charge in [-0.05, 0) is 31.0 Å². The Morgan fingerprint density at radius 2 is 1.96 bits per heavy atom. The van der Waals surface area contributed by atoms with Gasteiger partial charge in [-0.3, -0.25) is 0 Å². The van der Waals surface area contributed by atoms with Crippen LogP contribution in [-0.2, 0) is 6.42 Å². The molecule has 1 atom stereocenters. The molecule has 2 aromatic rings. The van der Waals surface area contributed by atoms with Gasteiger partial charge in [0.05, 0.1) is 12.7 Å². The molecule has 5 heteroatoms. The summed E-state index contributed by atoms with van der Waals surface area (Å²) < 4.78 is 5.74. The van der Waals surface area contributed by atoms with E-state index in [0.29, 0.717) is 31.0 Å². The van der Waals surface area contributed by atoms with Crippen LogP contribution in [0.5, 0.6) is 5.75 Å². The van der Waals surface area contributed by atoms with E-state index in [4.69, 9.17) is 9.84 Å². The van der Waals surface area contributed by atoms with E-state index >= 15 is 0 Å². The molecule has 128 valence electrons. The van der Waals surface area contributed by atoms with Crippen LogP contribution in [-0.4, -0.2) is 30.4 Å². The minimum absolute atomic E-state index is 0.294. The fourth-order valence-electron chi connectivity index (χ4n) is 2.16. The second-order valence-electron chi connectivity index (χ2n) is 5.63. The van der Waals surface area contributed by atoms with Gasteiger partial charge in [-0.15, -0.1) is 0 Å². The lowest BCUT2D eigenvalue weighted by molar-refractivity contribution is 0.184. The van der Waals surface area contributed by atoms with Crippen molar-refractivity contribution in [1.29, 1.82) is 0 Å². The lowest BCUT2D eigenvalue weighted by Crippen LogP contribution is -2.30. The molecule has 24 heavy (non-hydrogen) atoms. The second kappa shape index (κ2) is 9.57. The summed E-state index contributed by atoms with van der Waals surface area (Å²) >= 11 is 0. The molecule has 0 fully saturated rings. The molecule has 2 rings (SSSR count). The number of amides is 2. The van der Waals surface area contributed by atoms with Crippen molar-refractivity contribution in [3.63, 3.8) is 0 Å². The molecule has 0 bridgehead atoms. The molecule has 0 spiro atoms. The monoisotopic (exact) mass is 328 g/mol. The molecule has 0 saturated carbocycles. The summed E-state index contributed by atoms with van der Waals surface area (Å²) in [7, 11) is 0. The van der Waals surface area contributed by atoms with Crippen LogP contribution in [0.25, 0.3) is 0 Å². The maximum absolute atomic E-state index is 11.8. The number of aliphatic hydroxyl groups is 1. The summed E-state index contributed by atoms with van der Waals surface area (Å²) in [6, 6.07) is 17.1. The van der Waals surface area contributed by atoms with E-state index in [2.05, 4.69) is 22.8 Å². The maximum atomic E-state index is 11.8. The van der Waals surface area contributed by atoms with Gasteiger partial charge in [0, 0.05) is 24.7 Å². The summed E-state index contributed by atoms with van der Waals surface area (Å²) in [4.78, 5) is 11.8. The quantitative estimate of drug-likeness (QED) is 0.697. The summed E-state index contributed by atoms with van der Waals surface area (Å²) in [5, 5.41) is 14.6. The van der Waals surface area contributed by atoms with E-state index in [0.717, 1.165) is 6.42 Å². The Hall–Kier alpha value is -2.53. The Labute approximate surface area is 142 Å². The largest absolute Gasteiger partial charge is 0.493 e. The molecule has 0 heterocycles. The van der Waals surface area contributed by atoms with Crippen molar-refractivity contribution in [2.24, 2.45) is 0 Å². The fraction of sp³-hybridized carbons (Fsp3) is 0.316. The topological polar surface area (TPSA) is 70.6 Å². The van der Waals surface area contributed by atoms with Gasteiger partial charge in [0.15, 0.2) is 0 Å². The number of nitrogens with one attached hydrogen (secondary N) is 2. The molecule has 0 aliphatic carbocycles. The molecule has 2 amide bonds. The minimum Gasteiger partial charge on any atom is -0.493 e. The van der Waals surface area contributed by atoms with Gasteiger partial charge >= 0.3 is 6.03 Å². The zero-order chi connectivity index (χ0) is 17.2. The molecule has 3 N–H and O–H groups in total. The lowest BCUT2D eigenvalue weighted by Gasteiger charge is -2.11. The van der Waals surface area contributed by atoms with Crippen LogP contribution in [0.15, 0.2) is 54.6 Å². The molecule has 0 aliphatic heterocycles. The third-order valence-corrected chi connectivity index (χ3v) is 3.44. The number of anilines is 1. The van der Waals surface area contributed by atoms with Crippen molar-refractivity contribution in [3.05, 3.63) is 60.2 Å². The summed E-state index contributed by atoms with van der Waals surface area (Å²) in [6.45, 7) is 2.70. The highest BCUT2D eigenvalue weighted by atomic mass is 16.5. The predicted molar refractivity (Wildman–Crippen MR) is 95.4 cm³/mol. The van der Waals surface area contributed by atoms with Crippen LogP contribution in [0.1, 0.15) is 18.9 Å². The van der Waals surface area contributed by atoms with Crippen molar-refractivity contribution in [2.45, 2.75) is 25.9 Å². The number of carbonyl (C=O) groups excluding carboxylic acids is 1. The van der Waals surface area contributed by atoms with E-state index in [9.17, 15) is 4.79 Å². The number of carbonyl (C=O) groups is 1. The first-order chi connectivity index (χ1) is 11.6. The van der Waals surface area contributed by atoms with Gasteiger partial charge < -0.3 is 20.5 Å². The van der Waals surface area contributed by atoms with Crippen LogP contribution in [0.3, 0.4) is 0 Å². The first-order valence-electron chi connectivity index (χ1n) is 8.13. The first-order valence-corrected chi connectivity index (χ1v) is 8.13. The average molecular weight is 328 g/mol. The lowest BCUT2D eigenvalue weighted by atomic mass is 10.2. The van der Waals surface area contributed by atoms with E-state index < -0.39 is 6.10 Å². The van der Waals surface area contributed by atoms with Crippen LogP contribution >= 0.6 is 0 Å². The summed E-state index contributed by atoms with van der Waals surface area (Å²) in [6.07, 6.45) is 0.931. The molecule has 2 aromatic carbocycles. The Morgan fingerprint density at radius 1 is 1.17 bits per heavy atom. The van der Waals surface area contributed by atoms with Gasteiger partial charge in [0.1, 0.15) is 5.75 Å². The Morgan fingerprint density at radius 3 is 2.71 bits per heavy atom. The van der Waals surface area contributed by atoms with Gasteiger partial charge in [-0.25, -0.2) is 4.79 Å². The highest BCUT2D eigenvalue weighted by Crippen LogP contribution is 2.17. The van der Waals surface area contributed by atoms with Crippen LogP contribution in [0.4, 0.5) is 10.5 Å². The van der Waals surface area contributed by atoms with Crippen molar-refractivity contribution < 1.29 is 14.6 Å². The van der Waals surface area contributed by atoms with E-state index in [-0.39, 0.29) is 6.03 Å². The minimum atomic E-state index is -0.424. The van der Waals surface area contributed by atoms with Crippen LogP contribution in [0.2, 0.25) is 0 Å². The smallest absolute Gasteiger partial charge is 0.319 e. The third kappa shape index (κ3) is 6.71. The SMILES string of the molecule is CC(O)CCNC(=O)Nc1cccc(OCCc2ccccc2)c1. The number of ether oxygens (including phenoxy) is 1. The zero-order valence-electron chi connectivity index (χ0n) is 13.9. The van der Waals surface area contributed by atoms with Crippen molar-refractivity contribution >= 4 is 11.7 Å². The van der Waals surface area contributed by atoms with Gasteiger partial charge in [-0.1, -0.05) is 36.4 Å². The fourth-order valence-corrected chi connectivity index (χ4v) is 2.16. The highest BCUT2D eigenvalue weighted by molar-refractivity contribution is 5.89. The number of rotatable bonds is 8. The molecule has 0 aliphatic rings. The Kier molecular flexibility index (Phi) is 7.11. The normalized spacial score (nSPS) is 11.6. The second-order valence-corrected chi connectivity index (χ2v) is 5.63. The summed E-state index contributed by atoms with van der Waals surface area (Å²) in [5.74, 6) is 0.715. The van der Waals surface area contributed by atoms with Crippen LogP contribution < -0.4 is 15.4 Å². The van der Waals surface area contributed by atoms with Crippen molar-refractivity contribution in [3.8, 4) is 5.75 Å². The Balaban J connectivity index is 1.77. The molecular formula is C19H24N2O3. The molecule has 5 nitrogen and oxygen atoms in total. The van der Waals surface area contributed by atoms with Crippen LogP contribution in [0, 0.1) is 0 Å². The number of benzene rings is 2. The maximum Gasteiger partial charge on any atom is 0.319 e. The zero-order valence-corrected chi connectivity index (χ0v) is 13.9. The third-order valence-electron chi connectivity index (χ3n) is 3.44. The van der Waals surface area contributed by atoms with E-state index in [1.165, 1.54) is 5.56 Å². The predicted octanol–water partition coefficient (Wildman–Crippen LogP) is 3.20. The first kappa shape index (κ1) is 17.8. The standard InChI is InChI=1S/C19H24N2O3/c1-15(22)10-12-20-19(23)21-17-8-5-9-18(14-17)24-13-11-16-6-3-2-4-7-16/h2-9,14-15,22H,10-13H2,1H3,(H2,20,21,23). The van der Waals surface area contributed by atoms with Crippen molar-refractivity contribution in [2.75, 3.05) is 18.5 Å². The molecular weight excluding hydrogens is 304 g/mol. The van der Waals surface area contributed by atoms with Gasteiger partial charge in [-0.2, -0.15) is 0 Å². The molecule has 1 unspecified atom stereocenters. The number of aliphatic hydroxyl groups excluding tert-OH is 1. The Bertz CT molecular complexity index is 630. The summed E-state index contributed by atoms with van der Waals surface area (Å²) in [5.41, 5.74) is 1.89. The van der Waals surface area contributed by atoms with Crippen molar-refractivity contribution in [1.82, 2.24) is 5.32 Å². The van der Waals surface area contributed by atoms with E-state index in [1.807, 2.05) is 30.3 Å². The van der Waals surface area contributed by atoms with E-state index in [1.54, 1.807) is 19.1 Å². The molecule has 0 radical (unpaired) electrons. The number of hydrogen-bond acceptors (Lipinski definition) is 3. The van der Waals surface area contributed by atoms with Gasteiger partial charge in [0.25, 0.3) is 0 Å². The van der Waals surface area contributed by atoms with Gasteiger partial charge in [0.2, 0.25) is 0 Å². The number of hydrogen-bond donors (Lipinski definition) is 3. The molecule has 0 aromatic heterocycles. The number of urea groups is 1.